The number of hydrogen-bond donors (Lipinski definition) is 2. The molecule has 2 N–H and O–H groups in total. The van der Waals surface area contributed by atoms with E-state index in [-0.39, 0.29) is 5.30 Å². The number of carbonyl (C=O) groups is 1. The number of carbonyl (C=O) groups excluding carboxylic acids is 1. The van der Waals surface area contributed by atoms with Crippen LogP contribution in [0, 0.1) is 20.8 Å². The minimum atomic E-state index is -4.07. The van der Waals surface area contributed by atoms with Gasteiger partial charge in [0.2, 0.25) is 0 Å². The zero-order chi connectivity index (χ0) is 17.6. The van der Waals surface area contributed by atoms with E-state index >= 15 is 0 Å². The Bertz CT molecular complexity index is 733. The molecule has 0 heterocycles. The lowest BCUT2D eigenvalue weighted by Crippen LogP contribution is -2.14. The predicted octanol–water partition coefficient (Wildman–Crippen LogP) is 3.00. The van der Waals surface area contributed by atoms with Gasteiger partial charge in [-0.15, -0.1) is 0 Å². The molecular weight excluding hydrogens is 334 g/mol. The Kier molecular flexibility index (Phi) is 7.11. The van der Waals surface area contributed by atoms with Crippen LogP contribution in [0.1, 0.15) is 27.0 Å². The van der Waals surface area contributed by atoms with Crippen LogP contribution in [0.2, 0.25) is 0 Å². The third-order valence-corrected chi connectivity index (χ3v) is 5.04. The number of benzene rings is 2. The third kappa shape index (κ3) is 4.73. The van der Waals surface area contributed by atoms with Crippen molar-refractivity contribution in [1.29, 1.82) is 0 Å². The third-order valence-electron chi connectivity index (χ3n) is 3.27. The first-order valence-corrected chi connectivity index (χ1v) is 9.49. The molecule has 23 heavy (non-hydrogen) atoms. The average molecular weight is 354 g/mol. The van der Waals surface area contributed by atoms with E-state index in [2.05, 4.69) is 0 Å². The molecule has 124 valence electrons. The molecule has 2 aromatic carbocycles. The van der Waals surface area contributed by atoms with E-state index in [9.17, 15) is 14.3 Å². The summed E-state index contributed by atoms with van der Waals surface area (Å²) in [5.74, 6) is 0. The smallest absolute Gasteiger partial charge is 0.298 e. The summed E-state index contributed by atoms with van der Waals surface area (Å²) in [4.78, 5) is 29.8. The monoisotopic (exact) mass is 354 g/mol. The van der Waals surface area contributed by atoms with E-state index < -0.39 is 21.6 Å². The molecule has 0 saturated heterocycles. The molecule has 0 amide bonds. The molecule has 0 aliphatic heterocycles. The molecule has 0 bridgehead atoms. The molecule has 0 aliphatic rings. The second kappa shape index (κ2) is 8.37. The SMILES string of the molecule is Cc1cc(C)c(C(=O)P(=O)(O)c2ccccc2)c(C)c1.O=[PH2]O. The van der Waals surface area contributed by atoms with Crippen molar-refractivity contribution in [2.75, 3.05) is 0 Å². The maximum atomic E-state index is 12.5. The summed E-state index contributed by atoms with van der Waals surface area (Å²) >= 11 is 0. The Morgan fingerprint density at radius 1 is 1.04 bits per heavy atom. The maximum Gasteiger partial charge on any atom is 0.298 e. The molecule has 0 aromatic heterocycles. The zero-order valence-electron chi connectivity index (χ0n) is 13.2. The van der Waals surface area contributed by atoms with Gasteiger partial charge in [0, 0.05) is 10.9 Å². The second-order valence-electron chi connectivity index (χ2n) is 5.10. The summed E-state index contributed by atoms with van der Waals surface area (Å²) < 4.78 is 21.1. The van der Waals surface area contributed by atoms with Gasteiger partial charge in [-0.1, -0.05) is 35.9 Å². The molecule has 2 unspecified atom stereocenters. The van der Waals surface area contributed by atoms with E-state index in [1.54, 1.807) is 32.0 Å². The van der Waals surface area contributed by atoms with Crippen LogP contribution in [0.3, 0.4) is 0 Å². The molecule has 2 aromatic rings. The first-order chi connectivity index (χ1) is 10.8. The van der Waals surface area contributed by atoms with Crippen LogP contribution in [0.4, 0.5) is 0 Å². The van der Waals surface area contributed by atoms with E-state index in [1.807, 2.05) is 19.1 Å². The van der Waals surface area contributed by atoms with Gasteiger partial charge in [-0.2, -0.15) is 0 Å². The Labute approximate surface area is 136 Å². The van der Waals surface area contributed by atoms with Gasteiger partial charge in [0.15, 0.2) is 8.69 Å². The summed E-state index contributed by atoms with van der Waals surface area (Å²) in [6.07, 6.45) is 0. The number of rotatable bonds is 3. The van der Waals surface area contributed by atoms with Crippen LogP contribution in [-0.4, -0.2) is 15.3 Å². The largest absolute Gasteiger partial charge is 0.348 e. The highest BCUT2D eigenvalue weighted by molar-refractivity contribution is 7.82. The van der Waals surface area contributed by atoms with Crippen LogP contribution in [-0.2, 0) is 9.13 Å². The number of hydrogen-bond acceptors (Lipinski definition) is 3. The highest BCUT2D eigenvalue weighted by Gasteiger charge is 2.33. The molecule has 2 rings (SSSR count). The highest BCUT2D eigenvalue weighted by Crippen LogP contribution is 2.44. The van der Waals surface area contributed by atoms with Crippen molar-refractivity contribution in [3.05, 3.63) is 64.7 Å². The average Bonchev–Trinajstić information content (AvgIpc) is 2.47. The fourth-order valence-electron chi connectivity index (χ4n) is 2.42. The van der Waals surface area contributed by atoms with Gasteiger partial charge in [-0.3, -0.25) is 13.9 Å². The van der Waals surface area contributed by atoms with Gasteiger partial charge >= 0.3 is 0 Å². The lowest BCUT2D eigenvalue weighted by atomic mass is 10.0. The molecule has 2 atom stereocenters. The lowest BCUT2D eigenvalue weighted by molar-refractivity contribution is 0.106. The summed E-state index contributed by atoms with van der Waals surface area (Å²) in [6.45, 7) is 5.51. The zero-order valence-corrected chi connectivity index (χ0v) is 15.2. The van der Waals surface area contributed by atoms with Gasteiger partial charge in [-0.25, -0.2) is 0 Å². The second-order valence-corrected chi connectivity index (χ2v) is 7.38. The quantitative estimate of drug-likeness (QED) is 0.827. The van der Waals surface area contributed by atoms with Crippen molar-refractivity contribution in [1.82, 2.24) is 0 Å². The maximum absolute atomic E-state index is 12.5. The van der Waals surface area contributed by atoms with Crippen molar-refractivity contribution in [3.8, 4) is 0 Å². The molecule has 0 radical (unpaired) electrons. The normalized spacial score (nSPS) is 13.3. The van der Waals surface area contributed by atoms with Gasteiger partial charge in [-0.05, 0) is 44.0 Å². The van der Waals surface area contributed by atoms with E-state index in [1.165, 1.54) is 12.1 Å². The van der Waals surface area contributed by atoms with Crippen molar-refractivity contribution < 1.29 is 23.7 Å². The first-order valence-electron chi connectivity index (χ1n) is 6.84. The van der Waals surface area contributed by atoms with Crippen molar-refractivity contribution >= 4 is 26.9 Å². The summed E-state index contributed by atoms with van der Waals surface area (Å²) in [5, 5.41) is 0.171. The topological polar surface area (TPSA) is 91.7 Å². The van der Waals surface area contributed by atoms with E-state index in [0.29, 0.717) is 5.56 Å². The number of aryl methyl sites for hydroxylation is 3. The highest BCUT2D eigenvalue weighted by atomic mass is 31.2. The van der Waals surface area contributed by atoms with Crippen LogP contribution >= 0.6 is 16.1 Å². The van der Waals surface area contributed by atoms with Gasteiger partial charge < -0.3 is 9.79 Å². The predicted molar refractivity (Wildman–Crippen MR) is 93.5 cm³/mol. The van der Waals surface area contributed by atoms with Crippen LogP contribution in [0.25, 0.3) is 0 Å². The lowest BCUT2D eigenvalue weighted by Gasteiger charge is -2.15. The van der Waals surface area contributed by atoms with Gasteiger partial charge in [0.25, 0.3) is 12.9 Å². The Hall–Kier alpha value is -1.51. The minimum absolute atomic E-state index is 0.171. The van der Waals surface area contributed by atoms with Crippen LogP contribution in [0.5, 0.6) is 0 Å². The standard InChI is InChI=1S/C16H17O3P.H3O2P/c1-11-9-12(2)15(13(3)10-11)16(17)20(18,19)14-7-5-4-6-8-14;1-3-2/h4-10H,1-3H3,(H,18,19);3H2,(H,1,2). The Morgan fingerprint density at radius 2 is 1.48 bits per heavy atom. The first kappa shape index (κ1) is 19.5. The molecule has 0 saturated carbocycles. The fourth-order valence-corrected chi connectivity index (χ4v) is 3.88. The van der Waals surface area contributed by atoms with Crippen molar-refractivity contribution in [3.63, 3.8) is 0 Å². The molecule has 5 nitrogen and oxygen atoms in total. The summed E-state index contributed by atoms with van der Waals surface area (Å²) in [6, 6.07) is 11.8. The van der Waals surface area contributed by atoms with Crippen LogP contribution < -0.4 is 5.30 Å². The fraction of sp³-hybridized carbons (Fsp3) is 0.188. The van der Waals surface area contributed by atoms with Crippen molar-refractivity contribution in [2.45, 2.75) is 20.8 Å². The van der Waals surface area contributed by atoms with Gasteiger partial charge in [0.1, 0.15) is 0 Å². The molecule has 0 aliphatic carbocycles. The molecule has 0 fully saturated rings. The van der Waals surface area contributed by atoms with E-state index in [4.69, 9.17) is 9.46 Å². The summed E-state index contributed by atoms with van der Waals surface area (Å²) in [7, 11) is -5.57. The molecule has 7 heteroatoms. The van der Waals surface area contributed by atoms with Crippen molar-refractivity contribution in [2.24, 2.45) is 0 Å². The Balaban J connectivity index is 0.000000816. The minimum Gasteiger partial charge on any atom is -0.348 e. The molecule has 0 spiro atoms. The van der Waals surface area contributed by atoms with Crippen LogP contribution in [0.15, 0.2) is 42.5 Å². The molecular formula is C16H20O5P2. The Morgan fingerprint density at radius 3 is 1.91 bits per heavy atom. The van der Waals surface area contributed by atoms with E-state index in [0.717, 1.165) is 16.7 Å². The summed E-state index contributed by atoms with van der Waals surface area (Å²) in [5.41, 5.74) is 2.16. The van der Waals surface area contributed by atoms with Gasteiger partial charge in [0.05, 0.1) is 0 Å².